The van der Waals surface area contributed by atoms with Crippen molar-refractivity contribution in [3.63, 3.8) is 0 Å². The van der Waals surface area contributed by atoms with Crippen molar-refractivity contribution in [2.45, 2.75) is 20.4 Å². The van der Waals surface area contributed by atoms with Crippen molar-refractivity contribution in [2.24, 2.45) is 0 Å². The molecule has 0 bridgehead atoms. The van der Waals surface area contributed by atoms with E-state index in [1.807, 2.05) is 26.0 Å². The molecular formula is C11H14BrNO2. The molecule has 82 valence electrons. The van der Waals surface area contributed by atoms with Crippen LogP contribution < -0.4 is 0 Å². The van der Waals surface area contributed by atoms with Crippen molar-refractivity contribution in [2.75, 3.05) is 7.05 Å². The summed E-state index contributed by atoms with van der Waals surface area (Å²) in [4.78, 5) is 13.2. The topological polar surface area (TPSA) is 33.5 Å². The molecule has 0 aromatic carbocycles. The summed E-state index contributed by atoms with van der Waals surface area (Å²) in [6.45, 7) is 4.28. The lowest BCUT2D eigenvalue weighted by molar-refractivity contribution is -0.125. The van der Waals surface area contributed by atoms with Crippen molar-refractivity contribution in [1.29, 1.82) is 0 Å². The number of halogens is 1. The van der Waals surface area contributed by atoms with E-state index in [0.717, 1.165) is 11.3 Å². The highest BCUT2D eigenvalue weighted by Crippen LogP contribution is 2.15. The monoisotopic (exact) mass is 271 g/mol. The molecule has 1 rings (SSSR count). The van der Waals surface area contributed by atoms with Crippen LogP contribution in [0.4, 0.5) is 0 Å². The summed E-state index contributed by atoms with van der Waals surface area (Å²) in [6.07, 6.45) is 1.61. The van der Waals surface area contributed by atoms with Gasteiger partial charge in [-0.15, -0.1) is 0 Å². The summed E-state index contributed by atoms with van der Waals surface area (Å²) in [5, 5.41) is 0. The van der Waals surface area contributed by atoms with Gasteiger partial charge in [0, 0.05) is 13.1 Å². The zero-order valence-electron chi connectivity index (χ0n) is 9.08. The van der Waals surface area contributed by atoms with E-state index in [9.17, 15) is 4.79 Å². The summed E-state index contributed by atoms with van der Waals surface area (Å²) in [5.41, 5.74) is 0.993. The van der Waals surface area contributed by atoms with Crippen LogP contribution in [0.3, 0.4) is 0 Å². The molecule has 0 unspecified atom stereocenters. The Morgan fingerprint density at radius 3 is 2.67 bits per heavy atom. The van der Waals surface area contributed by atoms with Gasteiger partial charge in [-0.25, -0.2) is 0 Å². The number of likely N-dealkylation sites (N-methyl/N-ethyl adjacent to an activating group) is 1. The number of hydrogen-bond donors (Lipinski definition) is 0. The predicted octanol–water partition coefficient (Wildman–Crippen LogP) is 2.97. The molecule has 0 radical (unpaired) electrons. The third-order valence-electron chi connectivity index (χ3n) is 1.81. The standard InChI is InChI=1S/C11H14BrNO2/c1-8(2)6-11(14)13(3)7-9-4-5-10(12)15-9/h4-6H,7H2,1-3H3. The summed E-state index contributed by atoms with van der Waals surface area (Å²) >= 11 is 3.22. The molecule has 15 heavy (non-hydrogen) atoms. The number of hydrogen-bond acceptors (Lipinski definition) is 2. The van der Waals surface area contributed by atoms with Crippen LogP contribution in [0.1, 0.15) is 19.6 Å². The zero-order valence-corrected chi connectivity index (χ0v) is 10.7. The molecule has 0 saturated carbocycles. The Hall–Kier alpha value is -1.03. The van der Waals surface area contributed by atoms with Gasteiger partial charge in [0.1, 0.15) is 5.76 Å². The van der Waals surface area contributed by atoms with Crippen molar-refractivity contribution >= 4 is 21.8 Å². The van der Waals surface area contributed by atoms with E-state index >= 15 is 0 Å². The van der Waals surface area contributed by atoms with Crippen molar-refractivity contribution < 1.29 is 9.21 Å². The highest BCUT2D eigenvalue weighted by Gasteiger charge is 2.08. The molecule has 1 heterocycles. The second-order valence-electron chi connectivity index (χ2n) is 3.62. The fraction of sp³-hybridized carbons (Fsp3) is 0.364. The second kappa shape index (κ2) is 5.16. The van der Waals surface area contributed by atoms with E-state index in [1.165, 1.54) is 0 Å². The van der Waals surface area contributed by atoms with Crippen LogP contribution in [0, 0.1) is 0 Å². The highest BCUT2D eigenvalue weighted by molar-refractivity contribution is 9.10. The van der Waals surface area contributed by atoms with Crippen LogP contribution >= 0.6 is 15.9 Å². The summed E-state index contributed by atoms with van der Waals surface area (Å²) in [7, 11) is 1.75. The molecule has 4 heteroatoms. The Bertz CT molecular complexity index is 378. The van der Waals surface area contributed by atoms with Crippen LogP contribution in [-0.2, 0) is 11.3 Å². The number of carbonyl (C=O) groups is 1. The van der Waals surface area contributed by atoms with Gasteiger partial charge >= 0.3 is 0 Å². The molecule has 0 saturated heterocycles. The van der Waals surface area contributed by atoms with Crippen molar-refractivity contribution in [1.82, 2.24) is 4.90 Å². The zero-order chi connectivity index (χ0) is 11.4. The fourth-order valence-electron chi connectivity index (χ4n) is 1.11. The number of nitrogens with zero attached hydrogens (tertiary/aromatic N) is 1. The smallest absolute Gasteiger partial charge is 0.246 e. The number of carbonyl (C=O) groups excluding carboxylic acids is 1. The van der Waals surface area contributed by atoms with Gasteiger partial charge in [-0.2, -0.15) is 0 Å². The third-order valence-corrected chi connectivity index (χ3v) is 2.24. The molecule has 0 aliphatic carbocycles. The molecule has 0 N–H and O–H groups in total. The van der Waals surface area contributed by atoms with E-state index in [0.29, 0.717) is 11.2 Å². The molecule has 0 atom stereocenters. The molecule has 1 aromatic heterocycles. The number of amides is 1. The maximum Gasteiger partial charge on any atom is 0.246 e. The first-order valence-electron chi connectivity index (χ1n) is 4.63. The minimum absolute atomic E-state index is 0.0116. The summed E-state index contributed by atoms with van der Waals surface area (Å²) < 4.78 is 5.99. The minimum atomic E-state index is -0.0116. The van der Waals surface area contributed by atoms with Crippen LogP contribution in [0.25, 0.3) is 0 Å². The maximum atomic E-state index is 11.6. The molecule has 3 nitrogen and oxygen atoms in total. The lowest BCUT2D eigenvalue weighted by Crippen LogP contribution is -2.24. The average Bonchev–Trinajstić information content (AvgIpc) is 2.50. The van der Waals surface area contributed by atoms with Gasteiger partial charge in [-0.05, 0) is 41.9 Å². The molecule has 1 aromatic rings. The van der Waals surface area contributed by atoms with Crippen LogP contribution in [0.5, 0.6) is 0 Å². The van der Waals surface area contributed by atoms with Crippen LogP contribution in [0.2, 0.25) is 0 Å². The Labute approximate surface area is 97.9 Å². The largest absolute Gasteiger partial charge is 0.452 e. The fourth-order valence-corrected chi connectivity index (χ4v) is 1.45. The van der Waals surface area contributed by atoms with Gasteiger partial charge < -0.3 is 9.32 Å². The maximum absolute atomic E-state index is 11.6. The summed E-state index contributed by atoms with van der Waals surface area (Å²) in [5.74, 6) is 0.752. The van der Waals surface area contributed by atoms with E-state index in [-0.39, 0.29) is 5.91 Å². The molecule has 0 aliphatic heterocycles. The minimum Gasteiger partial charge on any atom is -0.452 e. The lowest BCUT2D eigenvalue weighted by Gasteiger charge is -2.13. The van der Waals surface area contributed by atoms with Gasteiger partial charge in [-0.3, -0.25) is 4.79 Å². The molecule has 0 aliphatic rings. The second-order valence-corrected chi connectivity index (χ2v) is 4.40. The normalized spacial score (nSPS) is 9.87. The highest BCUT2D eigenvalue weighted by atomic mass is 79.9. The van der Waals surface area contributed by atoms with Gasteiger partial charge in [0.15, 0.2) is 4.67 Å². The van der Waals surface area contributed by atoms with E-state index < -0.39 is 0 Å². The molecule has 0 fully saturated rings. The first-order valence-corrected chi connectivity index (χ1v) is 5.42. The first kappa shape index (κ1) is 12.0. The van der Waals surface area contributed by atoms with Crippen LogP contribution in [-0.4, -0.2) is 17.9 Å². The Balaban J connectivity index is 2.59. The average molecular weight is 272 g/mol. The SMILES string of the molecule is CC(C)=CC(=O)N(C)Cc1ccc(Br)o1. The first-order chi connectivity index (χ1) is 6.99. The third kappa shape index (κ3) is 3.91. The molecule has 0 spiro atoms. The Kier molecular flexibility index (Phi) is 4.15. The Morgan fingerprint density at radius 2 is 2.20 bits per heavy atom. The molecule has 1 amide bonds. The molecular weight excluding hydrogens is 258 g/mol. The van der Waals surface area contributed by atoms with Gasteiger partial charge in [0.25, 0.3) is 0 Å². The van der Waals surface area contributed by atoms with Gasteiger partial charge in [0.2, 0.25) is 5.91 Å². The van der Waals surface area contributed by atoms with Crippen molar-refractivity contribution in [3.8, 4) is 0 Å². The van der Waals surface area contributed by atoms with Gasteiger partial charge in [-0.1, -0.05) is 5.57 Å². The Morgan fingerprint density at radius 1 is 1.53 bits per heavy atom. The lowest BCUT2D eigenvalue weighted by atomic mass is 10.3. The predicted molar refractivity (Wildman–Crippen MR) is 62.3 cm³/mol. The number of furan rings is 1. The quantitative estimate of drug-likeness (QED) is 0.792. The van der Waals surface area contributed by atoms with E-state index in [1.54, 1.807) is 18.0 Å². The van der Waals surface area contributed by atoms with Gasteiger partial charge in [0.05, 0.1) is 6.54 Å². The van der Waals surface area contributed by atoms with Crippen molar-refractivity contribution in [3.05, 3.63) is 34.2 Å². The van der Waals surface area contributed by atoms with E-state index in [4.69, 9.17) is 4.42 Å². The van der Waals surface area contributed by atoms with Crippen LogP contribution in [0.15, 0.2) is 32.9 Å². The van der Waals surface area contributed by atoms with E-state index in [2.05, 4.69) is 15.9 Å². The summed E-state index contributed by atoms with van der Waals surface area (Å²) in [6, 6.07) is 3.66. The number of allylic oxidation sites excluding steroid dienone is 1. The number of rotatable bonds is 3.